The van der Waals surface area contributed by atoms with Gasteiger partial charge in [0.2, 0.25) is 0 Å². The first-order valence-corrected chi connectivity index (χ1v) is 9.42. The molecule has 2 aliphatic heterocycles. The monoisotopic (exact) mass is 342 g/mol. The maximum absolute atomic E-state index is 13.0. The summed E-state index contributed by atoms with van der Waals surface area (Å²) in [4.78, 5) is 29.0. The van der Waals surface area contributed by atoms with E-state index < -0.39 is 11.4 Å². The van der Waals surface area contributed by atoms with Gasteiger partial charge in [0.1, 0.15) is 0 Å². The van der Waals surface area contributed by atoms with Crippen molar-refractivity contribution in [1.82, 2.24) is 9.80 Å². The first kappa shape index (κ1) is 16.6. The SMILES string of the molecule is O=C(c1cccc(CN2CCCC2)c1)N1C[C@@H]2CCC[C@@]2(C(=O)O)C1. The highest BCUT2D eigenvalue weighted by atomic mass is 16.4. The second kappa shape index (κ2) is 6.45. The van der Waals surface area contributed by atoms with Crippen molar-refractivity contribution in [1.29, 1.82) is 0 Å². The van der Waals surface area contributed by atoms with Gasteiger partial charge in [0.05, 0.1) is 5.41 Å². The van der Waals surface area contributed by atoms with E-state index in [0.717, 1.165) is 32.5 Å². The largest absolute Gasteiger partial charge is 0.481 e. The van der Waals surface area contributed by atoms with Gasteiger partial charge < -0.3 is 10.0 Å². The zero-order valence-electron chi connectivity index (χ0n) is 14.6. The summed E-state index contributed by atoms with van der Waals surface area (Å²) in [6, 6.07) is 7.87. The molecule has 4 rings (SSSR count). The lowest BCUT2D eigenvalue weighted by Crippen LogP contribution is -2.37. The Morgan fingerprint density at radius 2 is 2.00 bits per heavy atom. The minimum atomic E-state index is -0.729. The molecule has 0 unspecified atom stereocenters. The van der Waals surface area contributed by atoms with Gasteiger partial charge in [-0.05, 0) is 62.4 Å². The summed E-state index contributed by atoms with van der Waals surface area (Å²) in [7, 11) is 0. The topological polar surface area (TPSA) is 60.9 Å². The van der Waals surface area contributed by atoms with Crippen LogP contribution in [-0.2, 0) is 11.3 Å². The predicted molar refractivity (Wildman–Crippen MR) is 94.3 cm³/mol. The standard InChI is InChI=1S/C20H26N2O3/c23-18(22-13-17-7-4-8-20(17,14-22)19(24)25)16-6-3-5-15(11-16)12-21-9-1-2-10-21/h3,5-6,11,17H,1-2,4,7-10,12-14H2,(H,24,25)/t17-,20+/m0/s1. The van der Waals surface area contributed by atoms with Crippen LogP contribution in [0.15, 0.2) is 24.3 Å². The van der Waals surface area contributed by atoms with Crippen LogP contribution in [-0.4, -0.2) is 53.0 Å². The molecule has 0 bridgehead atoms. The van der Waals surface area contributed by atoms with Crippen molar-refractivity contribution in [2.45, 2.75) is 38.6 Å². The minimum absolute atomic E-state index is 0.0155. The van der Waals surface area contributed by atoms with Gasteiger partial charge in [-0.15, -0.1) is 0 Å². The summed E-state index contributed by atoms with van der Waals surface area (Å²) in [5, 5.41) is 9.70. The maximum Gasteiger partial charge on any atom is 0.311 e. The molecule has 2 saturated heterocycles. The summed E-state index contributed by atoms with van der Waals surface area (Å²) in [6.45, 7) is 4.10. The van der Waals surface area contributed by atoms with E-state index in [9.17, 15) is 14.7 Å². The fraction of sp³-hybridized carbons (Fsp3) is 0.600. The molecule has 1 aromatic carbocycles. The van der Waals surface area contributed by atoms with Gasteiger partial charge in [0, 0.05) is 25.2 Å². The van der Waals surface area contributed by atoms with E-state index in [1.54, 1.807) is 4.90 Å². The number of hydrogen-bond donors (Lipinski definition) is 1. The summed E-state index contributed by atoms with van der Waals surface area (Å²) in [5.74, 6) is -0.631. The number of hydrogen-bond acceptors (Lipinski definition) is 3. The van der Waals surface area contributed by atoms with Crippen molar-refractivity contribution in [2.24, 2.45) is 11.3 Å². The lowest BCUT2D eigenvalue weighted by atomic mass is 9.81. The van der Waals surface area contributed by atoms with Crippen LogP contribution in [0.2, 0.25) is 0 Å². The Bertz CT molecular complexity index is 683. The number of carboxylic acid groups (broad SMARTS) is 1. The van der Waals surface area contributed by atoms with Gasteiger partial charge in [0.15, 0.2) is 0 Å². The predicted octanol–water partition coefficient (Wildman–Crippen LogP) is 2.61. The van der Waals surface area contributed by atoms with E-state index in [1.165, 1.54) is 18.4 Å². The number of likely N-dealkylation sites (tertiary alicyclic amines) is 2. The summed E-state index contributed by atoms with van der Waals surface area (Å²) in [5.41, 5.74) is 1.15. The van der Waals surface area contributed by atoms with Crippen LogP contribution in [0.5, 0.6) is 0 Å². The molecule has 2 heterocycles. The zero-order valence-corrected chi connectivity index (χ0v) is 14.6. The number of aliphatic carboxylic acids is 1. The lowest BCUT2D eigenvalue weighted by Gasteiger charge is -2.23. The molecule has 0 aromatic heterocycles. The third kappa shape index (κ3) is 2.95. The van der Waals surface area contributed by atoms with E-state index in [1.807, 2.05) is 18.2 Å². The summed E-state index contributed by atoms with van der Waals surface area (Å²) < 4.78 is 0. The van der Waals surface area contributed by atoms with Gasteiger partial charge in [-0.1, -0.05) is 18.6 Å². The Kier molecular flexibility index (Phi) is 4.28. The smallest absolute Gasteiger partial charge is 0.311 e. The average molecular weight is 342 g/mol. The number of carbonyl (C=O) groups is 2. The fourth-order valence-corrected chi connectivity index (χ4v) is 4.98. The van der Waals surface area contributed by atoms with Crippen molar-refractivity contribution < 1.29 is 14.7 Å². The van der Waals surface area contributed by atoms with Crippen molar-refractivity contribution >= 4 is 11.9 Å². The number of carbonyl (C=O) groups excluding carboxylic acids is 1. The van der Waals surface area contributed by atoms with Crippen LogP contribution in [0.3, 0.4) is 0 Å². The molecule has 25 heavy (non-hydrogen) atoms. The average Bonchev–Trinajstić information content (AvgIpc) is 3.29. The quantitative estimate of drug-likeness (QED) is 0.914. The van der Waals surface area contributed by atoms with E-state index in [2.05, 4.69) is 11.0 Å². The number of amides is 1. The highest BCUT2D eigenvalue weighted by Crippen LogP contribution is 2.49. The lowest BCUT2D eigenvalue weighted by molar-refractivity contribution is -0.149. The maximum atomic E-state index is 13.0. The number of rotatable bonds is 4. The first-order valence-electron chi connectivity index (χ1n) is 9.42. The normalized spacial score (nSPS) is 29.1. The first-order chi connectivity index (χ1) is 12.1. The number of carboxylic acids is 1. The molecule has 1 aliphatic carbocycles. The van der Waals surface area contributed by atoms with Crippen molar-refractivity contribution in [3.05, 3.63) is 35.4 Å². The van der Waals surface area contributed by atoms with Crippen molar-refractivity contribution in [2.75, 3.05) is 26.2 Å². The van der Waals surface area contributed by atoms with E-state index in [4.69, 9.17) is 0 Å². The van der Waals surface area contributed by atoms with Crippen molar-refractivity contribution in [3.63, 3.8) is 0 Å². The zero-order chi connectivity index (χ0) is 17.4. The van der Waals surface area contributed by atoms with E-state index in [-0.39, 0.29) is 11.8 Å². The van der Waals surface area contributed by atoms with Gasteiger partial charge >= 0.3 is 5.97 Å². The van der Waals surface area contributed by atoms with Crippen molar-refractivity contribution in [3.8, 4) is 0 Å². The molecule has 3 aliphatic rings. The van der Waals surface area contributed by atoms with Gasteiger partial charge in [0.25, 0.3) is 5.91 Å². The van der Waals surface area contributed by atoms with Crippen LogP contribution in [0.1, 0.15) is 48.0 Å². The third-order valence-electron chi connectivity index (χ3n) is 6.36. The molecule has 5 nitrogen and oxygen atoms in total. The Morgan fingerprint density at radius 1 is 1.20 bits per heavy atom. The second-order valence-corrected chi connectivity index (χ2v) is 7.92. The van der Waals surface area contributed by atoms with Gasteiger partial charge in [-0.25, -0.2) is 0 Å². The molecule has 0 radical (unpaired) electrons. The van der Waals surface area contributed by atoms with Gasteiger partial charge in [-0.2, -0.15) is 0 Å². The van der Waals surface area contributed by atoms with Crippen LogP contribution >= 0.6 is 0 Å². The van der Waals surface area contributed by atoms with Crippen LogP contribution in [0, 0.1) is 11.3 Å². The number of fused-ring (bicyclic) bond motifs is 1. The summed E-state index contributed by atoms with van der Waals surface area (Å²) >= 11 is 0. The van der Waals surface area contributed by atoms with Crippen LogP contribution in [0.25, 0.3) is 0 Å². The highest BCUT2D eigenvalue weighted by molar-refractivity contribution is 5.95. The number of benzene rings is 1. The fourth-order valence-electron chi connectivity index (χ4n) is 4.98. The molecule has 3 fully saturated rings. The van der Waals surface area contributed by atoms with Crippen LogP contribution < -0.4 is 0 Å². The molecule has 1 aromatic rings. The van der Waals surface area contributed by atoms with Gasteiger partial charge in [-0.3, -0.25) is 14.5 Å². The molecule has 1 amide bonds. The minimum Gasteiger partial charge on any atom is -0.481 e. The molecule has 134 valence electrons. The molecule has 5 heteroatoms. The Hall–Kier alpha value is -1.88. The molecule has 0 spiro atoms. The molecule has 1 saturated carbocycles. The molecule has 2 atom stereocenters. The molecular formula is C20H26N2O3. The summed E-state index contributed by atoms with van der Waals surface area (Å²) in [6.07, 6.45) is 5.09. The Morgan fingerprint density at radius 3 is 2.72 bits per heavy atom. The number of nitrogens with zero attached hydrogens (tertiary/aromatic N) is 2. The Labute approximate surface area is 148 Å². The van der Waals surface area contributed by atoms with E-state index in [0.29, 0.717) is 25.1 Å². The van der Waals surface area contributed by atoms with E-state index >= 15 is 0 Å². The van der Waals surface area contributed by atoms with Crippen LogP contribution in [0.4, 0.5) is 0 Å². The highest BCUT2D eigenvalue weighted by Gasteiger charge is 2.55. The Balaban J connectivity index is 1.49. The second-order valence-electron chi connectivity index (χ2n) is 7.92. The third-order valence-corrected chi connectivity index (χ3v) is 6.36. The molecule has 1 N–H and O–H groups in total. The molecular weight excluding hydrogens is 316 g/mol.